The zero-order chi connectivity index (χ0) is 19.1. The number of likely N-dealkylation sites (tertiary alicyclic amines) is 1. The van der Waals surface area contributed by atoms with E-state index in [0.717, 1.165) is 49.2 Å². The summed E-state index contributed by atoms with van der Waals surface area (Å²) in [6, 6.07) is 4.31. The van der Waals surface area contributed by atoms with Crippen molar-refractivity contribution in [1.82, 2.24) is 14.9 Å². The molecule has 2 aromatic rings. The number of nitriles is 1. The van der Waals surface area contributed by atoms with Crippen molar-refractivity contribution in [3.05, 3.63) is 24.0 Å². The van der Waals surface area contributed by atoms with Crippen LogP contribution in [0.5, 0.6) is 0 Å². The first kappa shape index (κ1) is 19.1. The average molecular weight is 371 g/mol. The summed E-state index contributed by atoms with van der Waals surface area (Å²) in [5, 5.41) is 13.2. The van der Waals surface area contributed by atoms with Gasteiger partial charge >= 0.3 is 5.97 Å². The Morgan fingerprint density at radius 3 is 3.22 bits per heavy atom. The molecule has 1 saturated heterocycles. The highest BCUT2D eigenvalue weighted by Crippen LogP contribution is 2.28. The second kappa shape index (κ2) is 9.35. The molecule has 0 aliphatic carbocycles. The molecular formula is C19H25N5O3. The van der Waals surface area contributed by atoms with Gasteiger partial charge in [0.05, 0.1) is 18.4 Å². The number of hydrogen-bond acceptors (Lipinski definition) is 7. The zero-order valence-corrected chi connectivity index (χ0v) is 15.5. The number of aromatic nitrogens is 2. The number of ether oxygens (including phenoxy) is 2. The van der Waals surface area contributed by atoms with Crippen LogP contribution < -0.4 is 5.32 Å². The average Bonchev–Trinajstić information content (AvgIpc) is 3.16. The van der Waals surface area contributed by atoms with Crippen LogP contribution in [-0.2, 0) is 9.47 Å². The van der Waals surface area contributed by atoms with Crippen LogP contribution in [0.25, 0.3) is 11.0 Å². The first-order valence-corrected chi connectivity index (χ1v) is 9.21. The van der Waals surface area contributed by atoms with E-state index < -0.39 is 5.97 Å². The number of carbonyl (C=O) groups is 1. The monoisotopic (exact) mass is 371 g/mol. The van der Waals surface area contributed by atoms with Gasteiger partial charge in [-0.25, -0.2) is 9.78 Å². The summed E-state index contributed by atoms with van der Waals surface area (Å²) < 4.78 is 10.2. The lowest BCUT2D eigenvalue weighted by Crippen LogP contribution is -2.42. The number of nitrogens with zero attached hydrogens (tertiary/aromatic N) is 3. The Labute approximate surface area is 158 Å². The number of aromatic amines is 1. The lowest BCUT2D eigenvalue weighted by Gasteiger charge is -2.33. The van der Waals surface area contributed by atoms with Crippen LogP contribution >= 0.6 is 0 Å². The molecule has 1 atom stereocenters. The van der Waals surface area contributed by atoms with Crippen LogP contribution in [0.4, 0.5) is 5.69 Å². The van der Waals surface area contributed by atoms with Crippen LogP contribution in [0.3, 0.4) is 0 Å². The Morgan fingerprint density at radius 2 is 2.41 bits per heavy atom. The van der Waals surface area contributed by atoms with E-state index in [1.807, 2.05) is 12.3 Å². The van der Waals surface area contributed by atoms with Gasteiger partial charge in [0.25, 0.3) is 0 Å². The molecule has 0 radical (unpaired) electrons. The lowest BCUT2D eigenvalue weighted by molar-refractivity contribution is 0.0389. The number of nitrogens with one attached hydrogen (secondary N) is 2. The van der Waals surface area contributed by atoms with E-state index in [0.29, 0.717) is 18.6 Å². The highest BCUT2D eigenvalue weighted by atomic mass is 16.6. The van der Waals surface area contributed by atoms with Crippen LogP contribution in [0.2, 0.25) is 0 Å². The van der Waals surface area contributed by atoms with Crippen LogP contribution in [0.1, 0.15) is 29.6 Å². The number of esters is 1. The smallest absolute Gasteiger partial charge is 0.341 e. The fourth-order valence-electron chi connectivity index (χ4n) is 3.40. The van der Waals surface area contributed by atoms with Gasteiger partial charge in [-0.1, -0.05) is 0 Å². The molecule has 1 fully saturated rings. The molecule has 0 spiro atoms. The summed E-state index contributed by atoms with van der Waals surface area (Å²) in [6.45, 7) is 3.17. The van der Waals surface area contributed by atoms with Gasteiger partial charge in [-0.15, -0.1) is 0 Å². The number of carbonyl (C=O) groups excluding carboxylic acids is 1. The van der Waals surface area contributed by atoms with E-state index in [2.05, 4.69) is 26.3 Å². The third kappa shape index (κ3) is 4.76. The Balaban J connectivity index is 1.79. The summed E-state index contributed by atoms with van der Waals surface area (Å²) in [6.07, 6.45) is 5.95. The Morgan fingerprint density at radius 1 is 1.52 bits per heavy atom. The van der Waals surface area contributed by atoms with Crippen molar-refractivity contribution in [2.75, 3.05) is 45.3 Å². The molecule has 8 nitrogen and oxygen atoms in total. The molecule has 1 aliphatic rings. The van der Waals surface area contributed by atoms with Crippen LogP contribution in [0, 0.1) is 11.3 Å². The van der Waals surface area contributed by atoms with Crippen molar-refractivity contribution >= 4 is 22.7 Å². The van der Waals surface area contributed by atoms with Gasteiger partial charge in [-0.3, -0.25) is 0 Å². The van der Waals surface area contributed by atoms with Crippen molar-refractivity contribution in [2.24, 2.45) is 0 Å². The molecule has 3 rings (SSSR count). The number of fused-ring (bicyclic) bond motifs is 1. The van der Waals surface area contributed by atoms with Crippen LogP contribution in [-0.4, -0.2) is 66.8 Å². The van der Waals surface area contributed by atoms with Crippen LogP contribution in [0.15, 0.2) is 18.5 Å². The minimum absolute atomic E-state index is 0.198. The SMILES string of the molecule is COCCOC(=O)c1cnc2[nH]ccc2c1NC1CCCN(CCC#N)C1. The maximum absolute atomic E-state index is 12.5. The molecule has 0 aromatic carbocycles. The van der Waals surface area contributed by atoms with E-state index in [4.69, 9.17) is 14.7 Å². The topological polar surface area (TPSA) is 103 Å². The third-order valence-electron chi connectivity index (χ3n) is 4.72. The Kier molecular flexibility index (Phi) is 6.63. The second-order valence-electron chi connectivity index (χ2n) is 6.61. The van der Waals surface area contributed by atoms with Gasteiger partial charge < -0.3 is 24.7 Å². The van der Waals surface area contributed by atoms with E-state index in [1.165, 1.54) is 0 Å². The first-order chi connectivity index (χ1) is 13.2. The van der Waals surface area contributed by atoms with Gasteiger partial charge in [0.2, 0.25) is 0 Å². The maximum atomic E-state index is 12.5. The summed E-state index contributed by atoms with van der Waals surface area (Å²) in [4.78, 5) is 22.2. The van der Waals surface area contributed by atoms with Crippen molar-refractivity contribution in [3.8, 4) is 6.07 Å². The summed E-state index contributed by atoms with van der Waals surface area (Å²) in [5.41, 5.74) is 1.89. The molecule has 0 bridgehead atoms. The summed E-state index contributed by atoms with van der Waals surface area (Å²) >= 11 is 0. The molecule has 2 aromatic heterocycles. The minimum Gasteiger partial charge on any atom is -0.460 e. The fourth-order valence-corrected chi connectivity index (χ4v) is 3.40. The van der Waals surface area contributed by atoms with Crippen molar-refractivity contribution in [2.45, 2.75) is 25.3 Å². The molecule has 3 heterocycles. The predicted octanol–water partition coefficient (Wildman–Crippen LogP) is 2.16. The van der Waals surface area contributed by atoms with E-state index >= 15 is 0 Å². The molecule has 0 amide bonds. The van der Waals surface area contributed by atoms with Gasteiger partial charge in [0, 0.05) is 50.4 Å². The van der Waals surface area contributed by atoms with Gasteiger partial charge in [-0.2, -0.15) is 5.26 Å². The van der Waals surface area contributed by atoms with E-state index in [1.54, 1.807) is 13.3 Å². The summed E-state index contributed by atoms with van der Waals surface area (Å²) in [7, 11) is 1.56. The molecule has 27 heavy (non-hydrogen) atoms. The highest BCUT2D eigenvalue weighted by Gasteiger charge is 2.24. The summed E-state index contributed by atoms with van der Waals surface area (Å²) in [5.74, 6) is -0.415. The number of pyridine rings is 1. The van der Waals surface area contributed by atoms with E-state index in [-0.39, 0.29) is 12.6 Å². The lowest BCUT2D eigenvalue weighted by atomic mass is 10.0. The molecule has 144 valence electrons. The van der Waals surface area contributed by atoms with Crippen molar-refractivity contribution in [1.29, 1.82) is 5.26 Å². The standard InChI is InChI=1S/C19H25N5O3/c1-26-10-11-27-19(25)16-12-22-18-15(5-7-21-18)17(16)23-14-4-2-8-24(13-14)9-3-6-20/h5,7,12,14H,2-4,8-11,13H2,1H3,(H2,21,22,23). The van der Waals surface area contributed by atoms with Crippen molar-refractivity contribution < 1.29 is 14.3 Å². The Bertz CT molecular complexity index is 813. The van der Waals surface area contributed by atoms with Gasteiger partial charge in [0.1, 0.15) is 17.8 Å². The number of anilines is 1. The fraction of sp³-hybridized carbons (Fsp3) is 0.526. The quantitative estimate of drug-likeness (QED) is 0.541. The number of piperidine rings is 1. The van der Waals surface area contributed by atoms with Crippen molar-refractivity contribution in [3.63, 3.8) is 0 Å². The zero-order valence-electron chi connectivity index (χ0n) is 15.5. The number of methoxy groups -OCH3 is 1. The largest absolute Gasteiger partial charge is 0.460 e. The third-order valence-corrected chi connectivity index (χ3v) is 4.72. The van der Waals surface area contributed by atoms with E-state index in [9.17, 15) is 4.79 Å². The molecule has 1 aliphatic heterocycles. The minimum atomic E-state index is -0.415. The number of rotatable bonds is 8. The second-order valence-corrected chi connectivity index (χ2v) is 6.61. The molecule has 2 N–H and O–H groups in total. The normalized spacial score (nSPS) is 17.6. The van der Waals surface area contributed by atoms with Gasteiger partial charge in [0.15, 0.2) is 0 Å². The predicted molar refractivity (Wildman–Crippen MR) is 102 cm³/mol. The number of H-pyrrole nitrogens is 1. The highest BCUT2D eigenvalue weighted by molar-refractivity contribution is 6.04. The molecule has 1 unspecified atom stereocenters. The molecular weight excluding hydrogens is 346 g/mol. The molecule has 0 saturated carbocycles. The Hall–Kier alpha value is -2.63. The maximum Gasteiger partial charge on any atom is 0.341 e. The van der Waals surface area contributed by atoms with Gasteiger partial charge in [-0.05, 0) is 25.5 Å². The first-order valence-electron chi connectivity index (χ1n) is 9.21. The molecule has 8 heteroatoms. The number of hydrogen-bond donors (Lipinski definition) is 2.